The molecule has 3 rings (SSSR count). The number of sulfonamides is 1. The Morgan fingerprint density at radius 1 is 0.968 bits per heavy atom. The van der Waals surface area contributed by atoms with E-state index < -0.39 is 10.0 Å². The minimum Gasteiger partial charge on any atom is -0.497 e. The second-order valence-corrected chi connectivity index (χ2v) is 9.46. The molecule has 6 nitrogen and oxygen atoms in total. The molecule has 0 aliphatic rings. The lowest BCUT2D eigenvalue weighted by Crippen LogP contribution is -2.30. The van der Waals surface area contributed by atoms with Crippen molar-refractivity contribution in [3.63, 3.8) is 0 Å². The smallest absolute Gasteiger partial charge is 0.240 e. The van der Waals surface area contributed by atoms with Gasteiger partial charge >= 0.3 is 0 Å². The van der Waals surface area contributed by atoms with Gasteiger partial charge in [0.2, 0.25) is 15.9 Å². The lowest BCUT2D eigenvalue weighted by molar-refractivity contribution is -0.121. The number of amides is 1. The van der Waals surface area contributed by atoms with E-state index in [0.29, 0.717) is 12.5 Å². The van der Waals surface area contributed by atoms with Crippen molar-refractivity contribution in [1.29, 1.82) is 0 Å². The Morgan fingerprint density at radius 2 is 1.65 bits per heavy atom. The molecule has 0 saturated carbocycles. The highest BCUT2D eigenvalue weighted by Gasteiger charge is 2.14. The summed E-state index contributed by atoms with van der Waals surface area (Å²) in [6.07, 6.45) is 0.0636. The van der Waals surface area contributed by atoms with Gasteiger partial charge in [-0.2, -0.15) is 0 Å². The van der Waals surface area contributed by atoms with E-state index in [1.54, 1.807) is 19.2 Å². The second-order valence-electron chi connectivity index (χ2n) is 7.70. The van der Waals surface area contributed by atoms with E-state index in [4.69, 9.17) is 4.74 Å². The minimum absolute atomic E-state index is 0.0393. The van der Waals surface area contributed by atoms with Crippen molar-refractivity contribution in [3.05, 3.63) is 71.8 Å². The van der Waals surface area contributed by atoms with Crippen LogP contribution in [0.5, 0.6) is 5.75 Å². The quantitative estimate of drug-likeness (QED) is 0.528. The molecule has 0 atom stereocenters. The van der Waals surface area contributed by atoms with Crippen LogP contribution in [0.1, 0.15) is 37.3 Å². The number of ether oxygens (including phenoxy) is 1. The van der Waals surface area contributed by atoms with Crippen molar-refractivity contribution in [2.45, 2.75) is 37.6 Å². The Morgan fingerprint density at radius 3 is 2.32 bits per heavy atom. The molecular formula is C24H28N2O4S. The fourth-order valence-corrected chi connectivity index (χ4v) is 4.25. The fourth-order valence-electron chi connectivity index (χ4n) is 3.21. The van der Waals surface area contributed by atoms with Gasteiger partial charge in [-0.3, -0.25) is 4.79 Å². The minimum atomic E-state index is -3.64. The average Bonchev–Trinajstić information content (AvgIpc) is 2.77. The van der Waals surface area contributed by atoms with Crippen molar-refractivity contribution in [3.8, 4) is 5.75 Å². The molecule has 0 heterocycles. The van der Waals surface area contributed by atoms with Gasteiger partial charge in [-0.15, -0.1) is 0 Å². The highest BCUT2D eigenvalue weighted by molar-refractivity contribution is 7.89. The van der Waals surface area contributed by atoms with Crippen molar-refractivity contribution in [2.75, 3.05) is 13.7 Å². The molecule has 0 spiro atoms. The molecule has 2 N–H and O–H groups in total. The Kier molecular flexibility index (Phi) is 7.30. The zero-order valence-corrected chi connectivity index (χ0v) is 18.8. The Bertz CT molecular complexity index is 1160. The lowest BCUT2D eigenvalue weighted by Gasteiger charge is -2.10. The van der Waals surface area contributed by atoms with Crippen LogP contribution in [0.25, 0.3) is 10.8 Å². The van der Waals surface area contributed by atoms with Crippen LogP contribution in [-0.4, -0.2) is 28.0 Å². The summed E-state index contributed by atoms with van der Waals surface area (Å²) in [5, 5.41) is 4.95. The zero-order valence-electron chi connectivity index (χ0n) is 18.0. The number of carbonyl (C=O) groups is 1. The average molecular weight is 441 g/mol. The topological polar surface area (TPSA) is 84.5 Å². The van der Waals surface area contributed by atoms with Gasteiger partial charge in [0.1, 0.15) is 5.75 Å². The normalized spacial score (nSPS) is 11.6. The summed E-state index contributed by atoms with van der Waals surface area (Å²) in [6.45, 7) is 4.52. The van der Waals surface area contributed by atoms with E-state index in [1.807, 2.05) is 48.5 Å². The number of fused-ring (bicyclic) bond motifs is 1. The summed E-state index contributed by atoms with van der Waals surface area (Å²) in [6, 6.07) is 18.6. The summed E-state index contributed by atoms with van der Waals surface area (Å²) in [7, 11) is -2.00. The van der Waals surface area contributed by atoms with Gasteiger partial charge in [-0.25, -0.2) is 13.1 Å². The Balaban J connectivity index is 1.49. The molecule has 31 heavy (non-hydrogen) atoms. The van der Waals surface area contributed by atoms with Crippen LogP contribution in [0, 0.1) is 0 Å². The molecule has 7 heteroatoms. The van der Waals surface area contributed by atoms with Crippen LogP contribution < -0.4 is 14.8 Å². The van der Waals surface area contributed by atoms with E-state index in [-0.39, 0.29) is 23.8 Å². The number of hydrogen-bond donors (Lipinski definition) is 2. The van der Waals surface area contributed by atoms with Gasteiger partial charge in [0.15, 0.2) is 0 Å². The molecule has 3 aromatic rings. The standard InChI is InChI=1S/C24H28N2O4S/c1-17(2)19-7-10-23(11-8-19)31(28,29)26-13-12-24(27)25-16-18-4-5-21-15-22(30-3)9-6-20(21)14-18/h4-11,14-15,17,26H,12-13,16H2,1-3H3,(H,25,27). The number of rotatable bonds is 9. The number of hydrogen-bond acceptors (Lipinski definition) is 4. The van der Waals surface area contributed by atoms with Crippen LogP contribution >= 0.6 is 0 Å². The highest BCUT2D eigenvalue weighted by atomic mass is 32.2. The van der Waals surface area contributed by atoms with Gasteiger partial charge in [0.25, 0.3) is 0 Å². The molecule has 0 aliphatic carbocycles. The molecule has 3 aromatic carbocycles. The summed E-state index contributed by atoms with van der Waals surface area (Å²) in [5.41, 5.74) is 2.04. The second kappa shape index (κ2) is 9.94. The van der Waals surface area contributed by atoms with Gasteiger partial charge in [0.05, 0.1) is 12.0 Å². The van der Waals surface area contributed by atoms with Gasteiger partial charge < -0.3 is 10.1 Å². The van der Waals surface area contributed by atoms with Crippen molar-refractivity contribution in [2.24, 2.45) is 0 Å². The van der Waals surface area contributed by atoms with E-state index >= 15 is 0 Å². The summed E-state index contributed by atoms with van der Waals surface area (Å²) in [5.74, 6) is 0.915. The number of benzene rings is 3. The van der Waals surface area contributed by atoms with Crippen molar-refractivity contribution < 1.29 is 17.9 Å². The van der Waals surface area contributed by atoms with Crippen LogP contribution in [0.4, 0.5) is 0 Å². The fraction of sp³-hybridized carbons (Fsp3) is 0.292. The van der Waals surface area contributed by atoms with Crippen molar-refractivity contribution >= 4 is 26.7 Å². The largest absolute Gasteiger partial charge is 0.497 e. The molecule has 1 amide bonds. The first-order valence-corrected chi connectivity index (χ1v) is 11.7. The SMILES string of the molecule is COc1ccc2cc(CNC(=O)CCNS(=O)(=O)c3ccc(C(C)C)cc3)ccc2c1. The molecule has 164 valence electrons. The summed E-state index contributed by atoms with van der Waals surface area (Å²) < 4.78 is 32.5. The molecule has 0 radical (unpaired) electrons. The predicted octanol–water partition coefficient (Wildman–Crippen LogP) is 3.96. The third-order valence-corrected chi connectivity index (χ3v) is 6.58. The Labute approximate surface area is 183 Å². The first-order chi connectivity index (χ1) is 14.8. The lowest BCUT2D eigenvalue weighted by atomic mass is 10.0. The van der Waals surface area contributed by atoms with Gasteiger partial charge in [0, 0.05) is 19.5 Å². The van der Waals surface area contributed by atoms with Crippen LogP contribution in [-0.2, 0) is 21.4 Å². The van der Waals surface area contributed by atoms with E-state index in [2.05, 4.69) is 23.9 Å². The zero-order chi connectivity index (χ0) is 22.4. The van der Waals surface area contributed by atoms with Crippen LogP contribution in [0.2, 0.25) is 0 Å². The third kappa shape index (κ3) is 6.06. The molecule has 0 fully saturated rings. The Hall–Kier alpha value is -2.90. The molecule has 0 unspecified atom stereocenters. The molecule has 0 bridgehead atoms. The first-order valence-electron chi connectivity index (χ1n) is 10.2. The third-order valence-electron chi connectivity index (χ3n) is 5.10. The number of nitrogens with one attached hydrogen (secondary N) is 2. The van der Waals surface area contributed by atoms with E-state index in [1.165, 1.54) is 0 Å². The monoisotopic (exact) mass is 440 g/mol. The highest BCUT2D eigenvalue weighted by Crippen LogP contribution is 2.22. The predicted molar refractivity (Wildman–Crippen MR) is 123 cm³/mol. The summed E-state index contributed by atoms with van der Waals surface area (Å²) in [4.78, 5) is 12.3. The van der Waals surface area contributed by atoms with E-state index in [9.17, 15) is 13.2 Å². The van der Waals surface area contributed by atoms with Crippen LogP contribution in [0.3, 0.4) is 0 Å². The number of carbonyl (C=O) groups excluding carboxylic acids is 1. The maximum Gasteiger partial charge on any atom is 0.240 e. The molecule has 0 aromatic heterocycles. The maximum atomic E-state index is 12.4. The number of methoxy groups -OCH3 is 1. The molecule has 0 saturated heterocycles. The van der Waals surface area contributed by atoms with Crippen LogP contribution in [0.15, 0.2) is 65.6 Å². The van der Waals surface area contributed by atoms with Crippen molar-refractivity contribution in [1.82, 2.24) is 10.0 Å². The van der Waals surface area contributed by atoms with Gasteiger partial charge in [-0.1, -0.05) is 44.2 Å². The molecular weight excluding hydrogens is 412 g/mol. The maximum absolute atomic E-state index is 12.4. The molecule has 0 aliphatic heterocycles. The van der Waals surface area contributed by atoms with Gasteiger partial charge in [-0.05, 0) is 58.1 Å². The first kappa shape index (κ1) is 22.8. The summed E-state index contributed by atoms with van der Waals surface area (Å²) >= 11 is 0. The van der Waals surface area contributed by atoms with E-state index in [0.717, 1.165) is 27.6 Å².